The Labute approximate surface area is 170 Å². The Morgan fingerprint density at radius 3 is 1.97 bits per heavy atom. The number of benzene rings is 3. The maximum Gasteiger partial charge on any atom is 0.194 e. The van der Waals surface area contributed by atoms with E-state index < -0.39 is 10.5 Å². The van der Waals surface area contributed by atoms with Crippen LogP contribution in [0.5, 0.6) is 0 Å². The molecule has 0 heterocycles. The third-order valence-electron chi connectivity index (χ3n) is 4.94. The average molecular weight is 404 g/mol. The van der Waals surface area contributed by atoms with Gasteiger partial charge in [0.05, 0.1) is 6.07 Å². The molecule has 0 aliphatic heterocycles. The van der Waals surface area contributed by atoms with Crippen molar-refractivity contribution in [2.75, 3.05) is 0 Å². The third kappa shape index (κ3) is 3.46. The zero-order valence-electron chi connectivity index (χ0n) is 15.5. The Hall–Kier alpha value is -3.50. The summed E-state index contributed by atoms with van der Waals surface area (Å²) < 4.78 is 0. The molecule has 8 nitrogen and oxygen atoms in total. The first-order valence-corrected chi connectivity index (χ1v) is 8.98. The van der Waals surface area contributed by atoms with Gasteiger partial charge in [-0.25, -0.2) is 10.4 Å². The molecule has 0 saturated heterocycles. The number of quaternary nitrogens is 2. The minimum absolute atomic E-state index is 0.124. The molecule has 0 bridgehead atoms. The fourth-order valence-electron chi connectivity index (χ4n) is 3.43. The van der Waals surface area contributed by atoms with E-state index in [0.29, 0.717) is 33.4 Å². The number of hydrogen-bond donors (Lipinski definition) is 4. The van der Waals surface area contributed by atoms with E-state index >= 15 is 0 Å². The normalized spacial score (nSPS) is 15.1. The molecule has 4 rings (SSSR count). The van der Waals surface area contributed by atoms with Gasteiger partial charge in [0, 0.05) is 33.9 Å². The molecule has 0 radical (unpaired) electrons. The molecule has 4 N–H and O–H groups in total. The Kier molecular flexibility index (Phi) is 5.10. The summed E-state index contributed by atoms with van der Waals surface area (Å²) in [6.07, 6.45) is 3.14. The second-order valence-electron chi connectivity index (χ2n) is 6.75. The van der Waals surface area contributed by atoms with Crippen molar-refractivity contribution in [2.45, 2.75) is 0 Å². The number of carbonyl (C=O) groups excluding carboxylic acids is 2. The zero-order chi connectivity index (χ0) is 21.4. The number of nitrogens with one attached hydrogen (secondary N) is 2. The summed E-state index contributed by atoms with van der Waals surface area (Å²) in [5.74, 6) is -0.458. The molecule has 2 atom stereocenters. The quantitative estimate of drug-likeness (QED) is 0.301. The lowest BCUT2D eigenvalue weighted by atomic mass is 9.83. The van der Waals surface area contributed by atoms with Crippen molar-refractivity contribution >= 4 is 35.1 Å². The minimum atomic E-state index is -1.25. The van der Waals surface area contributed by atoms with Crippen molar-refractivity contribution in [3.8, 4) is 0 Å². The lowest BCUT2D eigenvalue weighted by molar-refractivity contribution is -0.996. The van der Waals surface area contributed by atoms with E-state index in [1.54, 1.807) is 48.5 Å². The fraction of sp³-hybridized carbons (Fsp3) is 0. The second-order valence-corrected chi connectivity index (χ2v) is 6.75. The highest BCUT2D eigenvalue weighted by atomic mass is 16.8. The van der Waals surface area contributed by atoms with Crippen molar-refractivity contribution in [1.82, 2.24) is 0 Å². The molecule has 3 aromatic carbocycles. The molecule has 0 amide bonds. The van der Waals surface area contributed by atoms with Crippen LogP contribution in [0, 0.1) is 10.4 Å². The minimum Gasteiger partial charge on any atom is -0.595 e. The van der Waals surface area contributed by atoms with E-state index in [0.717, 1.165) is 6.07 Å². The molecular weight excluding hydrogens is 388 g/mol. The van der Waals surface area contributed by atoms with Crippen LogP contribution in [-0.2, 0) is 0 Å². The third-order valence-corrected chi connectivity index (χ3v) is 4.94. The standard InChI is InChI=1S/C22H16N2O6/c25-21-16-3-1-2-4-17(16)22(26)19-11-13(6-10-18(19)21)5-7-14-8-9-15(23(27)28)12-20(14)24(29)30/h1-12,23-24,27,29H. The number of rotatable bonds is 4. The molecule has 0 aromatic heterocycles. The maximum atomic E-state index is 12.8. The molecule has 2 unspecified atom stereocenters. The first kappa shape index (κ1) is 19.8. The Bertz CT molecular complexity index is 1200. The number of hydrogen-bond acceptors (Lipinski definition) is 6. The summed E-state index contributed by atoms with van der Waals surface area (Å²) in [4.78, 5) is 25.5. The number of ketones is 2. The van der Waals surface area contributed by atoms with Gasteiger partial charge in [0.1, 0.15) is 0 Å². The summed E-state index contributed by atoms with van der Waals surface area (Å²) >= 11 is 0. The van der Waals surface area contributed by atoms with Crippen molar-refractivity contribution in [3.05, 3.63) is 104 Å². The van der Waals surface area contributed by atoms with Gasteiger partial charge in [-0.05, 0) is 29.8 Å². The molecule has 0 saturated carbocycles. The van der Waals surface area contributed by atoms with Gasteiger partial charge in [-0.3, -0.25) is 9.59 Å². The fourth-order valence-corrected chi connectivity index (χ4v) is 3.43. The number of fused-ring (bicyclic) bond motifs is 2. The molecule has 30 heavy (non-hydrogen) atoms. The van der Waals surface area contributed by atoms with Gasteiger partial charge in [0.15, 0.2) is 22.9 Å². The van der Waals surface area contributed by atoms with Gasteiger partial charge in [-0.1, -0.05) is 36.4 Å². The molecule has 8 heteroatoms. The molecule has 1 aliphatic rings. The maximum absolute atomic E-state index is 12.8. The van der Waals surface area contributed by atoms with Crippen LogP contribution in [0.1, 0.15) is 43.0 Å². The van der Waals surface area contributed by atoms with Crippen LogP contribution in [0.3, 0.4) is 0 Å². The van der Waals surface area contributed by atoms with Crippen LogP contribution >= 0.6 is 0 Å². The Morgan fingerprint density at radius 1 is 0.700 bits per heavy atom. The first-order chi connectivity index (χ1) is 14.4. The van der Waals surface area contributed by atoms with E-state index in [4.69, 9.17) is 5.21 Å². The molecule has 150 valence electrons. The van der Waals surface area contributed by atoms with E-state index in [2.05, 4.69) is 0 Å². The van der Waals surface area contributed by atoms with E-state index in [9.17, 15) is 25.2 Å². The van der Waals surface area contributed by atoms with Gasteiger partial charge >= 0.3 is 0 Å². The summed E-state index contributed by atoms with van der Waals surface area (Å²) in [6.45, 7) is 0. The monoisotopic (exact) mass is 404 g/mol. The van der Waals surface area contributed by atoms with Crippen molar-refractivity contribution < 1.29 is 30.5 Å². The van der Waals surface area contributed by atoms with Gasteiger partial charge in [0.25, 0.3) is 0 Å². The zero-order valence-corrected chi connectivity index (χ0v) is 15.5. The summed E-state index contributed by atoms with van der Waals surface area (Å²) in [5, 5.41) is 38.5. The lowest BCUT2D eigenvalue weighted by Crippen LogP contribution is -3.01. The van der Waals surface area contributed by atoms with Crippen molar-refractivity contribution in [2.24, 2.45) is 0 Å². The highest BCUT2D eigenvalue weighted by Gasteiger charge is 2.29. The van der Waals surface area contributed by atoms with Gasteiger partial charge in [-0.15, -0.1) is 0 Å². The largest absolute Gasteiger partial charge is 0.595 e. The SMILES string of the molecule is O=C1c2ccccc2C(=O)c2cc(C=Cc3ccc([NH+]([O-])O)cc3[NH+]([O-])O)ccc21. The predicted molar refractivity (Wildman–Crippen MR) is 107 cm³/mol. The van der Waals surface area contributed by atoms with E-state index in [1.165, 1.54) is 18.2 Å². The van der Waals surface area contributed by atoms with Gasteiger partial charge in [0.2, 0.25) is 0 Å². The van der Waals surface area contributed by atoms with Crippen LogP contribution in [0.25, 0.3) is 12.2 Å². The summed E-state index contributed by atoms with van der Waals surface area (Å²) in [5.41, 5.74) is 2.00. The Morgan fingerprint density at radius 2 is 1.33 bits per heavy atom. The van der Waals surface area contributed by atoms with Gasteiger partial charge in [-0.2, -0.15) is 10.5 Å². The summed E-state index contributed by atoms with van der Waals surface area (Å²) in [6, 6.07) is 15.3. The Balaban J connectivity index is 1.70. The first-order valence-electron chi connectivity index (χ1n) is 8.98. The number of carbonyl (C=O) groups is 2. The summed E-state index contributed by atoms with van der Waals surface area (Å²) in [7, 11) is 0. The van der Waals surface area contributed by atoms with Crippen molar-refractivity contribution in [1.29, 1.82) is 0 Å². The van der Waals surface area contributed by atoms with Crippen LogP contribution in [0.4, 0.5) is 11.4 Å². The highest BCUT2D eigenvalue weighted by Crippen LogP contribution is 2.28. The van der Waals surface area contributed by atoms with E-state index in [-0.39, 0.29) is 22.9 Å². The van der Waals surface area contributed by atoms with E-state index in [1.807, 2.05) is 0 Å². The van der Waals surface area contributed by atoms with Crippen LogP contribution in [0.15, 0.2) is 60.7 Å². The van der Waals surface area contributed by atoms with Crippen LogP contribution in [-0.4, -0.2) is 22.0 Å². The van der Waals surface area contributed by atoms with Crippen LogP contribution < -0.4 is 10.5 Å². The molecule has 0 spiro atoms. The lowest BCUT2D eigenvalue weighted by Gasteiger charge is -2.18. The van der Waals surface area contributed by atoms with Crippen molar-refractivity contribution in [3.63, 3.8) is 0 Å². The van der Waals surface area contributed by atoms with Crippen LogP contribution in [0.2, 0.25) is 0 Å². The second kappa shape index (κ2) is 7.73. The average Bonchev–Trinajstić information content (AvgIpc) is 2.75. The molecule has 3 aromatic rings. The predicted octanol–water partition coefficient (Wildman–Crippen LogP) is 1.44. The topological polar surface area (TPSA) is 130 Å². The smallest absolute Gasteiger partial charge is 0.194 e. The molecule has 0 fully saturated rings. The molecule has 1 aliphatic carbocycles. The molecular formula is C22H16N2O6. The highest BCUT2D eigenvalue weighted by molar-refractivity contribution is 6.28. The van der Waals surface area contributed by atoms with Gasteiger partial charge < -0.3 is 10.4 Å².